The fourth-order valence-corrected chi connectivity index (χ4v) is 0.671. The molecule has 0 rings (SSSR count). The number of nitrogens with zero attached hydrogens (tertiary/aromatic N) is 1. The molecule has 0 amide bonds. The summed E-state index contributed by atoms with van der Waals surface area (Å²) in [5.41, 5.74) is 0. The van der Waals surface area contributed by atoms with Crippen LogP contribution in [0.3, 0.4) is 0 Å². The van der Waals surface area contributed by atoms with E-state index in [1.165, 1.54) is 19.6 Å². The summed E-state index contributed by atoms with van der Waals surface area (Å²) in [4.78, 5) is 11.3. The van der Waals surface area contributed by atoms with Gasteiger partial charge in [-0.2, -0.15) is 0 Å². The molecule has 3 nitrogen and oxygen atoms in total. The van der Waals surface area contributed by atoms with Crippen LogP contribution in [0.2, 0.25) is 0 Å². The lowest BCUT2D eigenvalue weighted by molar-refractivity contribution is -0.302. The zero-order valence-electron chi connectivity index (χ0n) is 7.89. The molecule has 0 heterocycles. The standard InChI is InChI=1S/C6H15N.C2H4O2/c1-4-7(5-2)6-3;1-2(3)4/h4-6H2,1-3H3;1H3,(H,3,4)/p-1. The third kappa shape index (κ3) is 17.7. The summed E-state index contributed by atoms with van der Waals surface area (Å²) in [6.45, 7) is 11.1. The summed E-state index contributed by atoms with van der Waals surface area (Å²) >= 11 is 0. The molecule has 0 bridgehead atoms. The molecule has 0 saturated carbocycles. The van der Waals surface area contributed by atoms with Gasteiger partial charge in [-0.15, -0.1) is 0 Å². The van der Waals surface area contributed by atoms with Crippen molar-refractivity contribution < 1.29 is 9.90 Å². The summed E-state index contributed by atoms with van der Waals surface area (Å²) in [7, 11) is 0. The van der Waals surface area contributed by atoms with Gasteiger partial charge in [0.05, 0.1) is 0 Å². The number of hydrogen-bond donors (Lipinski definition) is 0. The first-order chi connectivity index (χ1) is 5.08. The van der Waals surface area contributed by atoms with Crippen LogP contribution in [0.5, 0.6) is 0 Å². The molecular weight excluding hydrogens is 142 g/mol. The monoisotopic (exact) mass is 160 g/mol. The molecule has 0 fully saturated rings. The highest BCUT2D eigenvalue weighted by atomic mass is 16.4. The van der Waals surface area contributed by atoms with E-state index >= 15 is 0 Å². The highest BCUT2D eigenvalue weighted by Crippen LogP contribution is 1.81. The maximum atomic E-state index is 8.89. The van der Waals surface area contributed by atoms with E-state index in [2.05, 4.69) is 25.7 Å². The Morgan fingerprint density at radius 2 is 1.36 bits per heavy atom. The maximum Gasteiger partial charge on any atom is 0.0383 e. The smallest absolute Gasteiger partial charge is 0.0383 e. The van der Waals surface area contributed by atoms with Crippen LogP contribution in [0.15, 0.2) is 0 Å². The fourth-order valence-electron chi connectivity index (χ4n) is 0.671. The molecule has 0 spiro atoms. The zero-order chi connectivity index (χ0) is 9.28. The number of carboxylic acids is 1. The van der Waals surface area contributed by atoms with E-state index in [9.17, 15) is 0 Å². The number of rotatable bonds is 3. The Morgan fingerprint density at radius 1 is 1.18 bits per heavy atom. The number of hydrogen-bond acceptors (Lipinski definition) is 3. The van der Waals surface area contributed by atoms with Crippen LogP contribution in [0.1, 0.15) is 27.7 Å². The second-order valence-corrected chi connectivity index (χ2v) is 2.11. The molecule has 0 aliphatic rings. The van der Waals surface area contributed by atoms with Gasteiger partial charge in [0.15, 0.2) is 0 Å². The number of aliphatic carboxylic acids is 1. The molecule has 0 aliphatic heterocycles. The minimum absolute atomic E-state index is 0.972. The molecule has 0 radical (unpaired) electrons. The van der Waals surface area contributed by atoms with E-state index in [0.717, 1.165) is 6.92 Å². The first-order valence-corrected chi connectivity index (χ1v) is 3.98. The van der Waals surface area contributed by atoms with Crippen LogP contribution in [0.25, 0.3) is 0 Å². The van der Waals surface area contributed by atoms with Crippen LogP contribution in [0, 0.1) is 0 Å². The topological polar surface area (TPSA) is 43.4 Å². The molecule has 0 unspecified atom stereocenters. The van der Waals surface area contributed by atoms with Crippen LogP contribution in [-0.4, -0.2) is 30.5 Å². The highest BCUT2D eigenvalue weighted by molar-refractivity contribution is 5.60. The molecule has 0 aromatic rings. The predicted octanol–water partition coefficient (Wildman–Crippen LogP) is 0.104. The SMILES string of the molecule is CC(=O)[O-].CCN(CC)CC. The van der Waals surface area contributed by atoms with Gasteiger partial charge in [0.1, 0.15) is 0 Å². The van der Waals surface area contributed by atoms with Crippen LogP contribution in [-0.2, 0) is 4.79 Å². The van der Waals surface area contributed by atoms with E-state index in [1.54, 1.807) is 0 Å². The zero-order valence-corrected chi connectivity index (χ0v) is 7.89. The van der Waals surface area contributed by atoms with Crippen molar-refractivity contribution in [1.29, 1.82) is 0 Å². The second-order valence-electron chi connectivity index (χ2n) is 2.11. The summed E-state index contributed by atoms with van der Waals surface area (Å²) in [6, 6.07) is 0. The van der Waals surface area contributed by atoms with Gasteiger partial charge in [-0.1, -0.05) is 20.8 Å². The van der Waals surface area contributed by atoms with E-state index < -0.39 is 5.97 Å². The number of carbonyl (C=O) groups is 1. The molecular formula is C8H18NO2-. The average molecular weight is 160 g/mol. The highest BCUT2D eigenvalue weighted by Gasteiger charge is 1.89. The third-order valence-corrected chi connectivity index (χ3v) is 1.34. The van der Waals surface area contributed by atoms with Gasteiger partial charge in [0.2, 0.25) is 0 Å². The maximum absolute atomic E-state index is 8.89. The predicted molar refractivity (Wildman–Crippen MR) is 44.1 cm³/mol. The minimum Gasteiger partial charge on any atom is -0.550 e. The lowest BCUT2D eigenvalue weighted by atomic mass is 10.5. The van der Waals surface area contributed by atoms with Crippen molar-refractivity contribution >= 4 is 5.97 Å². The van der Waals surface area contributed by atoms with Gasteiger partial charge in [-0.05, 0) is 26.6 Å². The third-order valence-electron chi connectivity index (χ3n) is 1.34. The van der Waals surface area contributed by atoms with Crippen LogP contribution in [0.4, 0.5) is 0 Å². The number of carboxylic acid groups (broad SMARTS) is 1. The molecule has 0 atom stereocenters. The lowest BCUT2D eigenvalue weighted by Gasteiger charge is -2.13. The van der Waals surface area contributed by atoms with Crippen molar-refractivity contribution in [3.05, 3.63) is 0 Å². The van der Waals surface area contributed by atoms with Crippen molar-refractivity contribution in [2.24, 2.45) is 0 Å². The first kappa shape index (κ1) is 13.1. The molecule has 0 saturated heterocycles. The Bertz CT molecular complexity index is 80.6. The number of carbonyl (C=O) groups excluding carboxylic acids is 1. The lowest BCUT2D eigenvalue weighted by Crippen LogP contribution is -2.21. The summed E-state index contributed by atoms with van der Waals surface area (Å²) < 4.78 is 0. The van der Waals surface area contributed by atoms with Crippen molar-refractivity contribution in [3.8, 4) is 0 Å². The Labute approximate surface area is 69.0 Å². The summed E-state index contributed by atoms with van der Waals surface area (Å²) in [5.74, 6) is -1.08. The van der Waals surface area contributed by atoms with Crippen molar-refractivity contribution in [2.75, 3.05) is 19.6 Å². The molecule has 68 valence electrons. The first-order valence-electron chi connectivity index (χ1n) is 3.98. The normalized spacial score (nSPS) is 8.82. The molecule has 11 heavy (non-hydrogen) atoms. The van der Waals surface area contributed by atoms with Crippen molar-refractivity contribution in [1.82, 2.24) is 4.90 Å². The largest absolute Gasteiger partial charge is 0.550 e. The van der Waals surface area contributed by atoms with E-state index in [-0.39, 0.29) is 0 Å². The van der Waals surface area contributed by atoms with Gasteiger partial charge < -0.3 is 14.8 Å². The quantitative estimate of drug-likeness (QED) is 0.588. The van der Waals surface area contributed by atoms with Crippen LogP contribution < -0.4 is 5.11 Å². The van der Waals surface area contributed by atoms with Gasteiger partial charge >= 0.3 is 0 Å². The van der Waals surface area contributed by atoms with Gasteiger partial charge in [0.25, 0.3) is 0 Å². The molecule has 0 aromatic carbocycles. The van der Waals surface area contributed by atoms with Gasteiger partial charge in [-0.25, -0.2) is 0 Å². The van der Waals surface area contributed by atoms with Gasteiger partial charge in [-0.3, -0.25) is 0 Å². The molecule has 3 heteroatoms. The molecule has 0 aliphatic carbocycles. The van der Waals surface area contributed by atoms with E-state index in [4.69, 9.17) is 9.90 Å². The average Bonchev–Trinajstić information content (AvgIpc) is 1.90. The Kier molecular flexibility index (Phi) is 11.2. The van der Waals surface area contributed by atoms with Gasteiger partial charge in [0, 0.05) is 5.97 Å². The molecule has 0 aromatic heterocycles. The molecule has 0 N–H and O–H groups in total. The summed E-state index contributed by atoms with van der Waals surface area (Å²) in [5, 5.41) is 8.89. The summed E-state index contributed by atoms with van der Waals surface area (Å²) in [6.07, 6.45) is 0. The Hall–Kier alpha value is -0.570. The Balaban J connectivity index is 0. The van der Waals surface area contributed by atoms with E-state index in [0.29, 0.717) is 0 Å². The van der Waals surface area contributed by atoms with Crippen molar-refractivity contribution in [3.63, 3.8) is 0 Å². The van der Waals surface area contributed by atoms with E-state index in [1.807, 2.05) is 0 Å². The van der Waals surface area contributed by atoms with Crippen molar-refractivity contribution in [2.45, 2.75) is 27.7 Å². The second kappa shape index (κ2) is 9.43. The fraction of sp³-hybridized carbons (Fsp3) is 0.875. The van der Waals surface area contributed by atoms with Crippen LogP contribution >= 0.6 is 0 Å². The minimum atomic E-state index is -1.08. The Morgan fingerprint density at radius 3 is 1.36 bits per heavy atom.